The number of rotatable bonds is 5. The molecule has 2 saturated heterocycles. The molecule has 0 aliphatic carbocycles. The Labute approximate surface area is 164 Å². The van der Waals surface area contributed by atoms with Gasteiger partial charge in [0.1, 0.15) is 11.4 Å². The average Bonchev–Trinajstić information content (AvgIpc) is 3.43. The van der Waals surface area contributed by atoms with E-state index in [0.717, 1.165) is 32.8 Å². The summed E-state index contributed by atoms with van der Waals surface area (Å²) >= 11 is 0. The first-order valence-electron chi connectivity index (χ1n) is 9.80. The first-order valence-corrected chi connectivity index (χ1v) is 9.80. The highest BCUT2D eigenvalue weighted by molar-refractivity contribution is 6.39. The van der Waals surface area contributed by atoms with Crippen LogP contribution in [0.25, 0.3) is 0 Å². The SMILES string of the molecule is Cn1cccc1C(=O)N1CCC2(CC(C(=O)NCCN3CCOCC3)=NO2)C1. The van der Waals surface area contributed by atoms with Gasteiger partial charge in [-0.05, 0) is 12.1 Å². The van der Waals surface area contributed by atoms with Gasteiger partial charge in [-0.15, -0.1) is 0 Å². The first-order chi connectivity index (χ1) is 13.6. The molecule has 1 spiro atoms. The van der Waals surface area contributed by atoms with Crippen LogP contribution in [0.3, 0.4) is 0 Å². The van der Waals surface area contributed by atoms with Crippen LogP contribution in [-0.4, -0.2) is 90.0 Å². The van der Waals surface area contributed by atoms with Crippen LogP contribution in [0.1, 0.15) is 23.3 Å². The Hall–Kier alpha value is -2.39. The molecule has 1 unspecified atom stereocenters. The zero-order chi connectivity index (χ0) is 19.6. The van der Waals surface area contributed by atoms with Gasteiger partial charge >= 0.3 is 0 Å². The van der Waals surface area contributed by atoms with Crippen molar-refractivity contribution in [3.05, 3.63) is 24.0 Å². The second-order valence-electron chi connectivity index (χ2n) is 7.68. The number of carbonyl (C=O) groups excluding carboxylic acids is 2. The molecule has 1 aromatic heterocycles. The summed E-state index contributed by atoms with van der Waals surface area (Å²) in [6.45, 7) is 5.71. The number of morpholine rings is 1. The second-order valence-corrected chi connectivity index (χ2v) is 7.68. The fourth-order valence-corrected chi connectivity index (χ4v) is 3.98. The van der Waals surface area contributed by atoms with E-state index in [1.54, 1.807) is 4.90 Å². The van der Waals surface area contributed by atoms with Crippen LogP contribution in [0.4, 0.5) is 0 Å². The van der Waals surface area contributed by atoms with Crippen molar-refractivity contribution in [3.8, 4) is 0 Å². The van der Waals surface area contributed by atoms with Crippen molar-refractivity contribution in [1.82, 2.24) is 19.7 Å². The molecule has 1 N–H and O–H groups in total. The van der Waals surface area contributed by atoms with Gasteiger partial charge in [-0.25, -0.2) is 0 Å². The number of hydrogen-bond donors (Lipinski definition) is 1. The molecule has 9 nitrogen and oxygen atoms in total. The highest BCUT2D eigenvalue weighted by Crippen LogP contribution is 2.34. The lowest BCUT2D eigenvalue weighted by atomic mass is 9.96. The molecule has 0 saturated carbocycles. The molecule has 3 aliphatic rings. The van der Waals surface area contributed by atoms with Gasteiger partial charge in [0.2, 0.25) is 0 Å². The number of nitrogens with zero attached hydrogens (tertiary/aromatic N) is 4. The fraction of sp³-hybridized carbons (Fsp3) is 0.632. The van der Waals surface area contributed by atoms with E-state index in [9.17, 15) is 9.59 Å². The largest absolute Gasteiger partial charge is 0.386 e. The molecule has 4 heterocycles. The van der Waals surface area contributed by atoms with Crippen molar-refractivity contribution >= 4 is 17.5 Å². The van der Waals surface area contributed by atoms with Crippen LogP contribution < -0.4 is 5.32 Å². The van der Waals surface area contributed by atoms with Crippen molar-refractivity contribution in [3.63, 3.8) is 0 Å². The van der Waals surface area contributed by atoms with Crippen molar-refractivity contribution in [2.45, 2.75) is 18.4 Å². The van der Waals surface area contributed by atoms with Gasteiger partial charge in [0.15, 0.2) is 5.60 Å². The Morgan fingerprint density at radius 2 is 2.11 bits per heavy atom. The Morgan fingerprint density at radius 1 is 1.29 bits per heavy atom. The van der Waals surface area contributed by atoms with Crippen LogP contribution in [0, 0.1) is 0 Å². The zero-order valence-corrected chi connectivity index (χ0v) is 16.2. The van der Waals surface area contributed by atoms with Gasteiger partial charge in [-0.2, -0.15) is 0 Å². The fourth-order valence-electron chi connectivity index (χ4n) is 3.98. The highest BCUT2D eigenvalue weighted by Gasteiger charge is 2.48. The Bertz CT molecular complexity index is 770. The van der Waals surface area contributed by atoms with E-state index in [-0.39, 0.29) is 11.8 Å². The van der Waals surface area contributed by atoms with E-state index in [4.69, 9.17) is 9.57 Å². The summed E-state index contributed by atoms with van der Waals surface area (Å²) in [6.07, 6.45) is 2.97. The maximum Gasteiger partial charge on any atom is 0.270 e. The van der Waals surface area contributed by atoms with Gasteiger partial charge in [0, 0.05) is 58.8 Å². The summed E-state index contributed by atoms with van der Waals surface area (Å²) in [5.74, 6) is -0.200. The third-order valence-corrected chi connectivity index (χ3v) is 5.68. The summed E-state index contributed by atoms with van der Waals surface area (Å²) in [5, 5.41) is 6.96. The number of amides is 2. The van der Waals surface area contributed by atoms with Gasteiger partial charge < -0.3 is 24.4 Å². The number of aromatic nitrogens is 1. The Kier molecular flexibility index (Phi) is 5.36. The maximum atomic E-state index is 12.7. The molecule has 2 fully saturated rings. The molecule has 9 heteroatoms. The second kappa shape index (κ2) is 7.92. The van der Waals surface area contributed by atoms with E-state index < -0.39 is 5.60 Å². The predicted octanol–water partition coefficient (Wildman–Crippen LogP) is -0.165. The van der Waals surface area contributed by atoms with Gasteiger partial charge in [-0.1, -0.05) is 5.16 Å². The van der Waals surface area contributed by atoms with Gasteiger partial charge in [0.05, 0.1) is 19.8 Å². The highest BCUT2D eigenvalue weighted by atomic mass is 16.7. The summed E-state index contributed by atoms with van der Waals surface area (Å²) in [4.78, 5) is 34.8. The number of likely N-dealkylation sites (tertiary alicyclic amines) is 1. The van der Waals surface area contributed by atoms with Crippen molar-refractivity contribution in [2.75, 3.05) is 52.5 Å². The molecular formula is C19H27N5O4. The minimum Gasteiger partial charge on any atom is -0.386 e. The lowest BCUT2D eigenvalue weighted by molar-refractivity contribution is -0.115. The summed E-state index contributed by atoms with van der Waals surface area (Å²) in [6, 6.07) is 3.67. The van der Waals surface area contributed by atoms with E-state index in [2.05, 4.69) is 15.4 Å². The lowest BCUT2D eigenvalue weighted by Crippen LogP contribution is -2.43. The maximum absolute atomic E-state index is 12.7. The normalized spacial score (nSPS) is 25.0. The number of aryl methyl sites for hydroxylation is 1. The Morgan fingerprint density at radius 3 is 2.86 bits per heavy atom. The third kappa shape index (κ3) is 3.90. The number of carbonyl (C=O) groups is 2. The number of hydrogen-bond acceptors (Lipinski definition) is 6. The first kappa shape index (κ1) is 18.9. The minimum absolute atomic E-state index is 0.0172. The van der Waals surface area contributed by atoms with Crippen LogP contribution in [0.2, 0.25) is 0 Å². The molecule has 28 heavy (non-hydrogen) atoms. The van der Waals surface area contributed by atoms with Crippen molar-refractivity contribution < 1.29 is 19.2 Å². The molecule has 0 radical (unpaired) electrons. The third-order valence-electron chi connectivity index (χ3n) is 5.68. The molecular weight excluding hydrogens is 362 g/mol. The molecule has 152 valence electrons. The number of oxime groups is 1. The van der Waals surface area contributed by atoms with E-state index in [1.807, 2.05) is 29.9 Å². The number of ether oxygens (including phenoxy) is 1. The van der Waals surface area contributed by atoms with Crippen LogP contribution in [-0.2, 0) is 21.4 Å². The lowest BCUT2D eigenvalue weighted by Gasteiger charge is -2.26. The van der Waals surface area contributed by atoms with E-state index >= 15 is 0 Å². The van der Waals surface area contributed by atoms with Gasteiger partial charge in [0.25, 0.3) is 11.8 Å². The van der Waals surface area contributed by atoms with E-state index in [1.165, 1.54) is 0 Å². The topological polar surface area (TPSA) is 88.4 Å². The molecule has 0 aromatic carbocycles. The van der Waals surface area contributed by atoms with Crippen LogP contribution in [0.5, 0.6) is 0 Å². The standard InChI is InChI=1S/C19H27N5O4/c1-22-6-2-3-16(22)18(26)24-7-4-19(14-24)13-15(21-28-19)17(25)20-5-8-23-9-11-27-12-10-23/h2-3,6H,4-5,7-14H2,1H3,(H,20,25). The van der Waals surface area contributed by atoms with Crippen molar-refractivity contribution in [1.29, 1.82) is 0 Å². The van der Waals surface area contributed by atoms with E-state index in [0.29, 0.717) is 43.9 Å². The summed E-state index contributed by atoms with van der Waals surface area (Å²) < 4.78 is 7.14. The molecule has 1 aromatic rings. The molecule has 3 aliphatic heterocycles. The monoisotopic (exact) mass is 389 g/mol. The molecule has 1 atom stereocenters. The molecule has 2 amide bonds. The van der Waals surface area contributed by atoms with Crippen LogP contribution >= 0.6 is 0 Å². The minimum atomic E-state index is -0.572. The molecule has 0 bridgehead atoms. The number of nitrogens with one attached hydrogen (secondary N) is 1. The Balaban J connectivity index is 1.25. The quantitative estimate of drug-likeness (QED) is 0.756. The van der Waals surface area contributed by atoms with Gasteiger partial charge in [-0.3, -0.25) is 14.5 Å². The smallest absolute Gasteiger partial charge is 0.270 e. The van der Waals surface area contributed by atoms with Crippen LogP contribution in [0.15, 0.2) is 23.5 Å². The van der Waals surface area contributed by atoms with Crippen molar-refractivity contribution in [2.24, 2.45) is 12.2 Å². The summed E-state index contributed by atoms with van der Waals surface area (Å²) in [7, 11) is 1.85. The molecule has 4 rings (SSSR count). The predicted molar refractivity (Wildman–Crippen MR) is 102 cm³/mol. The zero-order valence-electron chi connectivity index (χ0n) is 16.2. The summed E-state index contributed by atoms with van der Waals surface area (Å²) in [5.41, 5.74) is 0.490. The average molecular weight is 389 g/mol.